The van der Waals surface area contributed by atoms with Crippen LogP contribution in [-0.2, 0) is 21.2 Å². The van der Waals surface area contributed by atoms with Gasteiger partial charge in [0.1, 0.15) is 27.8 Å². The second-order valence-corrected chi connectivity index (χ2v) is 7.64. The molecule has 0 bridgehead atoms. The Kier molecular flexibility index (Phi) is 4.32. The molecule has 0 unspecified atom stereocenters. The number of methoxy groups -OCH3 is 1. The van der Waals surface area contributed by atoms with E-state index in [2.05, 4.69) is 0 Å². The highest BCUT2D eigenvalue weighted by atomic mass is 32.2. The van der Waals surface area contributed by atoms with Crippen LogP contribution in [-0.4, -0.2) is 28.0 Å². The molecule has 1 aliphatic heterocycles. The maximum atomic E-state index is 14.4. The average molecular weight is 367 g/mol. The number of sulfonamides is 1. The van der Waals surface area contributed by atoms with Gasteiger partial charge in [-0.2, -0.15) is 0 Å². The van der Waals surface area contributed by atoms with Crippen molar-refractivity contribution in [1.82, 2.24) is 0 Å². The molecule has 8 heteroatoms. The summed E-state index contributed by atoms with van der Waals surface area (Å²) in [7, 11) is -3.03. The molecule has 0 radical (unpaired) electrons. The van der Waals surface area contributed by atoms with E-state index in [0.717, 1.165) is 11.4 Å². The predicted molar refractivity (Wildman–Crippen MR) is 88.8 cm³/mol. The molecule has 1 aromatic carbocycles. The molecular weight excluding hydrogens is 349 g/mol. The van der Waals surface area contributed by atoms with Crippen LogP contribution in [0.1, 0.15) is 33.9 Å². The zero-order chi connectivity index (χ0) is 18.4. The minimum atomic E-state index is -4.19. The molecule has 0 spiro atoms. The van der Waals surface area contributed by atoms with Crippen LogP contribution in [0, 0.1) is 19.7 Å². The number of esters is 1. The first-order chi connectivity index (χ1) is 11.8. The molecule has 25 heavy (non-hydrogen) atoms. The van der Waals surface area contributed by atoms with Crippen LogP contribution in [0.15, 0.2) is 27.5 Å². The van der Waals surface area contributed by atoms with Crippen LogP contribution in [0.4, 0.5) is 10.1 Å². The Morgan fingerprint density at radius 1 is 1.28 bits per heavy atom. The Balaban J connectivity index is 2.23. The number of carbonyl (C=O) groups excluding carboxylic acids is 1. The van der Waals surface area contributed by atoms with Gasteiger partial charge in [0.2, 0.25) is 0 Å². The van der Waals surface area contributed by atoms with Crippen molar-refractivity contribution in [2.75, 3.05) is 18.0 Å². The van der Waals surface area contributed by atoms with E-state index in [0.29, 0.717) is 18.4 Å². The van der Waals surface area contributed by atoms with Crippen molar-refractivity contribution >= 4 is 21.7 Å². The summed E-state index contributed by atoms with van der Waals surface area (Å²) in [5, 5.41) is 0. The van der Waals surface area contributed by atoms with E-state index in [-0.39, 0.29) is 34.2 Å². The summed E-state index contributed by atoms with van der Waals surface area (Å²) < 4.78 is 52.0. The van der Waals surface area contributed by atoms with Gasteiger partial charge in [-0.1, -0.05) is 12.1 Å². The molecule has 2 aromatic rings. The minimum absolute atomic E-state index is 0.0304. The molecule has 3 rings (SSSR count). The summed E-state index contributed by atoms with van der Waals surface area (Å²) in [5.74, 6) is -1.20. The monoisotopic (exact) mass is 367 g/mol. The van der Waals surface area contributed by atoms with Crippen molar-refractivity contribution in [1.29, 1.82) is 0 Å². The van der Waals surface area contributed by atoms with Gasteiger partial charge in [-0.05, 0) is 38.3 Å². The average Bonchev–Trinajstić information content (AvgIpc) is 2.88. The quantitative estimate of drug-likeness (QED) is 0.780. The normalized spacial score (nSPS) is 14.3. The number of nitrogens with zero attached hydrogens (tertiary/aromatic N) is 1. The Morgan fingerprint density at radius 3 is 2.68 bits per heavy atom. The number of hydrogen-bond donors (Lipinski definition) is 0. The summed E-state index contributed by atoms with van der Waals surface area (Å²) in [6.07, 6.45) is 1.14. The standard InChI is InChI=1S/C17H18FNO5S/c1-10-14(17(20)23-3)16(11(2)24-10)25(21,22)19-9-5-7-12-6-4-8-13(18)15(12)19/h4,6,8H,5,7,9H2,1-3H3. The van der Waals surface area contributed by atoms with Crippen LogP contribution in [0.2, 0.25) is 0 Å². The maximum absolute atomic E-state index is 14.4. The van der Waals surface area contributed by atoms with Crippen LogP contribution >= 0.6 is 0 Å². The second-order valence-electron chi connectivity index (χ2n) is 5.84. The Labute approximate surface area is 145 Å². The summed E-state index contributed by atoms with van der Waals surface area (Å²) in [5.41, 5.74) is 0.499. The lowest BCUT2D eigenvalue weighted by Gasteiger charge is -2.30. The van der Waals surface area contributed by atoms with Gasteiger partial charge in [-0.25, -0.2) is 17.6 Å². The first kappa shape index (κ1) is 17.5. The molecule has 0 fully saturated rings. The lowest BCUT2D eigenvalue weighted by molar-refractivity contribution is 0.0595. The van der Waals surface area contributed by atoms with Crippen LogP contribution in [0.25, 0.3) is 0 Å². The number of fused-ring (bicyclic) bond motifs is 1. The molecule has 134 valence electrons. The van der Waals surface area contributed by atoms with Crippen molar-refractivity contribution in [3.63, 3.8) is 0 Å². The molecule has 0 saturated carbocycles. The fraction of sp³-hybridized carbons (Fsp3) is 0.353. The van der Waals surface area contributed by atoms with Gasteiger partial charge in [-0.3, -0.25) is 4.31 Å². The van der Waals surface area contributed by atoms with Gasteiger partial charge in [0.05, 0.1) is 12.8 Å². The number of aryl methyl sites for hydroxylation is 3. The number of benzene rings is 1. The number of halogens is 1. The molecular formula is C17H18FNO5S. The zero-order valence-corrected chi connectivity index (χ0v) is 14.9. The molecule has 0 N–H and O–H groups in total. The van der Waals surface area contributed by atoms with E-state index in [9.17, 15) is 17.6 Å². The fourth-order valence-electron chi connectivity index (χ4n) is 3.23. The number of ether oxygens (including phenoxy) is 1. The van der Waals surface area contributed by atoms with Crippen LogP contribution in [0.3, 0.4) is 0 Å². The third-order valence-electron chi connectivity index (χ3n) is 4.27. The van der Waals surface area contributed by atoms with Crippen LogP contribution < -0.4 is 4.31 Å². The van der Waals surface area contributed by atoms with Crippen molar-refractivity contribution < 1.29 is 26.8 Å². The lowest BCUT2D eigenvalue weighted by atomic mass is 10.0. The SMILES string of the molecule is COC(=O)c1c(C)oc(C)c1S(=O)(=O)N1CCCc2cccc(F)c21. The molecule has 6 nitrogen and oxygen atoms in total. The molecule has 0 saturated heterocycles. The molecule has 0 amide bonds. The minimum Gasteiger partial charge on any atom is -0.465 e. The van der Waals surface area contributed by atoms with E-state index >= 15 is 0 Å². The highest BCUT2D eigenvalue weighted by molar-refractivity contribution is 7.93. The van der Waals surface area contributed by atoms with Crippen molar-refractivity contribution in [2.24, 2.45) is 0 Å². The molecule has 0 atom stereocenters. The van der Waals surface area contributed by atoms with Crippen molar-refractivity contribution in [3.05, 3.63) is 46.7 Å². The Morgan fingerprint density at radius 2 is 2.00 bits per heavy atom. The van der Waals surface area contributed by atoms with E-state index < -0.39 is 21.8 Å². The smallest absolute Gasteiger partial charge is 0.342 e. The van der Waals surface area contributed by atoms with E-state index in [1.807, 2.05) is 0 Å². The topological polar surface area (TPSA) is 76.8 Å². The molecule has 2 heterocycles. The highest BCUT2D eigenvalue weighted by Gasteiger charge is 2.38. The third kappa shape index (κ3) is 2.70. The number of hydrogen-bond acceptors (Lipinski definition) is 5. The number of anilines is 1. The Hall–Kier alpha value is -2.35. The van der Waals surface area contributed by atoms with Gasteiger partial charge in [0.15, 0.2) is 0 Å². The number of rotatable bonds is 3. The van der Waals surface area contributed by atoms with Crippen molar-refractivity contribution in [2.45, 2.75) is 31.6 Å². The van der Waals surface area contributed by atoms with E-state index in [4.69, 9.17) is 9.15 Å². The maximum Gasteiger partial charge on any atom is 0.342 e. The summed E-state index contributed by atoms with van der Waals surface area (Å²) in [6.45, 7) is 3.07. The summed E-state index contributed by atoms with van der Waals surface area (Å²) in [4.78, 5) is 11.8. The first-order valence-corrected chi connectivity index (χ1v) is 9.21. The second kappa shape index (κ2) is 6.18. The lowest BCUT2D eigenvalue weighted by Crippen LogP contribution is -2.37. The van der Waals surface area contributed by atoms with Gasteiger partial charge in [0.25, 0.3) is 10.0 Å². The third-order valence-corrected chi connectivity index (χ3v) is 6.22. The van der Waals surface area contributed by atoms with E-state index in [1.54, 1.807) is 12.1 Å². The number of carbonyl (C=O) groups is 1. The first-order valence-electron chi connectivity index (χ1n) is 7.77. The molecule has 1 aromatic heterocycles. The Bertz CT molecular complexity index is 948. The van der Waals surface area contributed by atoms with Crippen molar-refractivity contribution in [3.8, 4) is 0 Å². The van der Waals surface area contributed by atoms with Gasteiger partial charge in [0, 0.05) is 6.54 Å². The van der Waals surface area contributed by atoms with Gasteiger partial charge in [-0.15, -0.1) is 0 Å². The highest BCUT2D eigenvalue weighted by Crippen LogP contribution is 2.37. The number of para-hydroxylation sites is 1. The van der Waals surface area contributed by atoms with Gasteiger partial charge >= 0.3 is 5.97 Å². The van der Waals surface area contributed by atoms with E-state index in [1.165, 1.54) is 19.9 Å². The molecule has 0 aliphatic carbocycles. The van der Waals surface area contributed by atoms with Crippen LogP contribution in [0.5, 0.6) is 0 Å². The van der Waals surface area contributed by atoms with Gasteiger partial charge < -0.3 is 9.15 Å². The largest absolute Gasteiger partial charge is 0.465 e. The fourth-order valence-corrected chi connectivity index (χ4v) is 5.15. The predicted octanol–water partition coefficient (Wildman–Crippen LogP) is 2.96. The zero-order valence-electron chi connectivity index (χ0n) is 14.1. The summed E-state index contributed by atoms with van der Waals surface area (Å²) in [6, 6.07) is 4.48. The number of furan rings is 1. The summed E-state index contributed by atoms with van der Waals surface area (Å²) >= 11 is 0. The molecule has 1 aliphatic rings.